The predicted octanol–water partition coefficient (Wildman–Crippen LogP) is 2.07. The van der Waals surface area contributed by atoms with Gasteiger partial charge in [-0.25, -0.2) is 4.39 Å². The molecule has 0 amide bonds. The number of hydrogen-bond donors (Lipinski definition) is 1. The van der Waals surface area contributed by atoms with Gasteiger partial charge >= 0.3 is 0 Å². The van der Waals surface area contributed by atoms with Crippen LogP contribution in [0.3, 0.4) is 0 Å². The SMILES string of the molecule is COc1cccc(F)c1-c1oncc1N. The number of anilines is 1. The molecule has 0 fully saturated rings. The number of nitrogens with two attached hydrogens (primary N) is 1. The third-order valence-corrected chi connectivity index (χ3v) is 2.02. The summed E-state index contributed by atoms with van der Waals surface area (Å²) in [5.74, 6) is 0.0844. The Morgan fingerprint density at radius 3 is 2.87 bits per heavy atom. The summed E-state index contributed by atoms with van der Waals surface area (Å²) in [4.78, 5) is 0. The lowest BCUT2D eigenvalue weighted by atomic mass is 10.1. The van der Waals surface area contributed by atoms with Crippen molar-refractivity contribution in [2.24, 2.45) is 0 Å². The Kier molecular flexibility index (Phi) is 2.29. The quantitative estimate of drug-likeness (QED) is 0.820. The monoisotopic (exact) mass is 208 g/mol. The minimum absolute atomic E-state index is 0.185. The van der Waals surface area contributed by atoms with Crippen LogP contribution in [0.5, 0.6) is 5.75 Å². The van der Waals surface area contributed by atoms with Crippen LogP contribution in [0.1, 0.15) is 0 Å². The number of nitrogen functional groups attached to an aromatic ring is 1. The van der Waals surface area contributed by atoms with E-state index in [4.69, 9.17) is 15.0 Å². The maximum Gasteiger partial charge on any atom is 0.196 e. The predicted molar refractivity (Wildman–Crippen MR) is 52.9 cm³/mol. The molecule has 0 saturated heterocycles. The van der Waals surface area contributed by atoms with Crippen molar-refractivity contribution in [3.63, 3.8) is 0 Å². The molecule has 4 nitrogen and oxygen atoms in total. The van der Waals surface area contributed by atoms with Crippen molar-refractivity contribution in [2.45, 2.75) is 0 Å². The van der Waals surface area contributed by atoms with E-state index in [9.17, 15) is 4.39 Å². The summed E-state index contributed by atoms with van der Waals surface area (Å²) in [6, 6.07) is 4.48. The van der Waals surface area contributed by atoms with Gasteiger partial charge in [0.15, 0.2) is 5.76 Å². The third kappa shape index (κ3) is 1.52. The smallest absolute Gasteiger partial charge is 0.196 e. The first-order valence-electron chi connectivity index (χ1n) is 4.27. The van der Waals surface area contributed by atoms with Crippen LogP contribution in [0.25, 0.3) is 11.3 Å². The van der Waals surface area contributed by atoms with Gasteiger partial charge in [0.1, 0.15) is 17.3 Å². The van der Waals surface area contributed by atoms with Crippen LogP contribution in [0.2, 0.25) is 0 Å². The summed E-state index contributed by atoms with van der Waals surface area (Å²) >= 11 is 0. The first kappa shape index (κ1) is 9.51. The minimum Gasteiger partial charge on any atom is -0.496 e. The van der Waals surface area contributed by atoms with Crippen molar-refractivity contribution in [1.82, 2.24) is 5.16 Å². The topological polar surface area (TPSA) is 61.3 Å². The van der Waals surface area contributed by atoms with Gasteiger partial charge < -0.3 is 15.0 Å². The molecule has 0 saturated carbocycles. The van der Waals surface area contributed by atoms with Gasteiger partial charge in [-0.2, -0.15) is 0 Å². The molecule has 15 heavy (non-hydrogen) atoms. The van der Waals surface area contributed by atoms with Gasteiger partial charge in [0.05, 0.1) is 18.9 Å². The normalized spacial score (nSPS) is 10.3. The highest BCUT2D eigenvalue weighted by atomic mass is 19.1. The molecule has 1 heterocycles. The van der Waals surface area contributed by atoms with E-state index in [1.54, 1.807) is 12.1 Å². The second kappa shape index (κ2) is 3.61. The molecule has 2 aromatic rings. The van der Waals surface area contributed by atoms with Gasteiger partial charge in [0.2, 0.25) is 0 Å². The molecule has 0 radical (unpaired) electrons. The molecule has 78 valence electrons. The van der Waals surface area contributed by atoms with E-state index in [0.29, 0.717) is 5.75 Å². The van der Waals surface area contributed by atoms with Crippen LogP contribution >= 0.6 is 0 Å². The molecule has 0 aliphatic carbocycles. The molecule has 0 aliphatic heterocycles. The van der Waals surface area contributed by atoms with Gasteiger partial charge in [-0.15, -0.1) is 0 Å². The Hall–Kier alpha value is -2.04. The van der Waals surface area contributed by atoms with Gasteiger partial charge in [0, 0.05) is 0 Å². The Balaban J connectivity index is 2.66. The molecule has 1 aromatic heterocycles. The fourth-order valence-electron chi connectivity index (χ4n) is 1.33. The van der Waals surface area contributed by atoms with Gasteiger partial charge in [-0.3, -0.25) is 0 Å². The number of ether oxygens (including phenoxy) is 1. The summed E-state index contributed by atoms with van der Waals surface area (Å²) in [5, 5.41) is 3.49. The van der Waals surface area contributed by atoms with E-state index < -0.39 is 5.82 Å². The molecule has 0 aliphatic rings. The second-order valence-electron chi connectivity index (χ2n) is 2.93. The maximum atomic E-state index is 13.6. The van der Waals surface area contributed by atoms with E-state index in [-0.39, 0.29) is 17.0 Å². The Bertz CT molecular complexity index is 482. The molecule has 2 N–H and O–H groups in total. The summed E-state index contributed by atoms with van der Waals surface area (Å²) in [7, 11) is 1.45. The summed E-state index contributed by atoms with van der Waals surface area (Å²) in [6.45, 7) is 0. The highest BCUT2D eigenvalue weighted by Crippen LogP contribution is 2.35. The highest BCUT2D eigenvalue weighted by Gasteiger charge is 2.17. The Labute approximate surface area is 85.4 Å². The average Bonchev–Trinajstić information content (AvgIpc) is 2.64. The molecule has 0 spiro atoms. The zero-order valence-corrected chi connectivity index (χ0v) is 8.03. The van der Waals surface area contributed by atoms with Crippen LogP contribution in [0.4, 0.5) is 10.1 Å². The third-order valence-electron chi connectivity index (χ3n) is 2.02. The average molecular weight is 208 g/mol. The number of benzene rings is 1. The number of methoxy groups -OCH3 is 1. The fraction of sp³-hybridized carbons (Fsp3) is 0.100. The summed E-state index contributed by atoms with van der Waals surface area (Å²) in [5.41, 5.74) is 6.05. The standard InChI is InChI=1S/C10H9FN2O2/c1-14-8-4-2-3-6(11)9(8)10-7(12)5-13-15-10/h2-5H,12H2,1H3. The lowest BCUT2D eigenvalue weighted by Gasteiger charge is -2.06. The molecule has 0 bridgehead atoms. The van der Waals surface area contributed by atoms with Crippen LogP contribution in [0, 0.1) is 5.82 Å². The van der Waals surface area contributed by atoms with Crippen molar-refractivity contribution in [3.8, 4) is 17.1 Å². The molecule has 5 heteroatoms. The van der Waals surface area contributed by atoms with E-state index in [1.165, 1.54) is 19.4 Å². The number of halogens is 1. The number of rotatable bonds is 2. The van der Waals surface area contributed by atoms with Crippen LogP contribution < -0.4 is 10.5 Å². The van der Waals surface area contributed by atoms with Gasteiger partial charge in [0.25, 0.3) is 0 Å². The Morgan fingerprint density at radius 1 is 1.47 bits per heavy atom. The molecular weight excluding hydrogens is 199 g/mol. The van der Waals surface area contributed by atoms with Crippen molar-refractivity contribution in [2.75, 3.05) is 12.8 Å². The molecule has 2 rings (SSSR count). The van der Waals surface area contributed by atoms with Gasteiger partial charge in [-0.1, -0.05) is 11.2 Å². The minimum atomic E-state index is -0.460. The number of nitrogens with zero attached hydrogens (tertiary/aromatic N) is 1. The van der Waals surface area contributed by atoms with Crippen molar-refractivity contribution < 1.29 is 13.7 Å². The van der Waals surface area contributed by atoms with Crippen molar-refractivity contribution >= 4 is 5.69 Å². The Morgan fingerprint density at radius 2 is 2.27 bits per heavy atom. The number of hydrogen-bond acceptors (Lipinski definition) is 4. The lowest BCUT2D eigenvalue weighted by molar-refractivity contribution is 0.402. The van der Waals surface area contributed by atoms with Crippen LogP contribution in [0.15, 0.2) is 28.9 Å². The fourth-order valence-corrected chi connectivity index (χ4v) is 1.33. The first-order valence-corrected chi connectivity index (χ1v) is 4.27. The molecule has 0 unspecified atom stereocenters. The van der Waals surface area contributed by atoms with E-state index in [1.807, 2.05) is 0 Å². The lowest BCUT2D eigenvalue weighted by Crippen LogP contribution is -1.93. The highest BCUT2D eigenvalue weighted by molar-refractivity contribution is 5.75. The second-order valence-corrected chi connectivity index (χ2v) is 2.93. The van der Waals surface area contributed by atoms with E-state index in [2.05, 4.69) is 5.16 Å². The summed E-state index contributed by atoms with van der Waals surface area (Å²) < 4.78 is 23.5. The largest absolute Gasteiger partial charge is 0.496 e. The van der Waals surface area contributed by atoms with E-state index in [0.717, 1.165) is 0 Å². The first-order chi connectivity index (χ1) is 7.24. The molecule has 1 aromatic carbocycles. The molecular formula is C10H9FN2O2. The maximum absolute atomic E-state index is 13.6. The summed E-state index contributed by atoms with van der Waals surface area (Å²) in [6.07, 6.45) is 1.32. The zero-order chi connectivity index (χ0) is 10.8. The number of aromatic nitrogens is 1. The van der Waals surface area contributed by atoms with Gasteiger partial charge in [-0.05, 0) is 12.1 Å². The van der Waals surface area contributed by atoms with Crippen molar-refractivity contribution in [3.05, 3.63) is 30.2 Å². The van der Waals surface area contributed by atoms with E-state index >= 15 is 0 Å². The molecule has 0 atom stereocenters. The van der Waals surface area contributed by atoms with Crippen molar-refractivity contribution in [1.29, 1.82) is 0 Å². The van der Waals surface area contributed by atoms with Crippen LogP contribution in [-0.2, 0) is 0 Å². The van der Waals surface area contributed by atoms with Crippen LogP contribution in [-0.4, -0.2) is 12.3 Å². The zero-order valence-electron chi connectivity index (χ0n) is 8.03.